The van der Waals surface area contributed by atoms with Crippen molar-refractivity contribution in [3.63, 3.8) is 0 Å². The van der Waals surface area contributed by atoms with E-state index in [0.29, 0.717) is 0 Å². The SMILES string of the molecule is O=C(O)c1cc([N+](=O)[O-])c(Oc2ccccc2)c(Cl)c1C(F)(F)F. The first-order valence-electron chi connectivity index (χ1n) is 6.17. The van der Waals surface area contributed by atoms with Gasteiger partial charge in [0.05, 0.1) is 16.1 Å². The number of hydrogen-bond acceptors (Lipinski definition) is 4. The van der Waals surface area contributed by atoms with Crippen molar-refractivity contribution in [2.75, 3.05) is 0 Å². The van der Waals surface area contributed by atoms with Gasteiger partial charge in [0.15, 0.2) is 0 Å². The molecule has 0 atom stereocenters. The Hall–Kier alpha value is -2.81. The van der Waals surface area contributed by atoms with Gasteiger partial charge in [-0.05, 0) is 12.1 Å². The summed E-state index contributed by atoms with van der Waals surface area (Å²) in [5, 5.41) is 18.8. The van der Waals surface area contributed by atoms with Crippen molar-refractivity contribution >= 4 is 23.3 Å². The number of halogens is 4. The Morgan fingerprint density at radius 3 is 2.29 bits per heavy atom. The van der Waals surface area contributed by atoms with Gasteiger partial charge in [0.25, 0.3) is 0 Å². The fourth-order valence-electron chi connectivity index (χ4n) is 1.90. The van der Waals surface area contributed by atoms with Crippen LogP contribution < -0.4 is 4.74 Å². The highest BCUT2D eigenvalue weighted by molar-refractivity contribution is 6.34. The number of rotatable bonds is 4. The summed E-state index contributed by atoms with van der Waals surface area (Å²) < 4.78 is 44.5. The molecule has 2 aromatic carbocycles. The van der Waals surface area contributed by atoms with E-state index in [9.17, 15) is 28.1 Å². The lowest BCUT2D eigenvalue weighted by Crippen LogP contribution is -2.15. The molecule has 0 aliphatic carbocycles. The Bertz CT molecular complexity index is 808. The molecule has 0 fully saturated rings. The molecule has 0 aliphatic heterocycles. The molecule has 0 saturated heterocycles. The Balaban J connectivity index is 2.77. The van der Waals surface area contributed by atoms with Crippen molar-refractivity contribution in [2.45, 2.75) is 6.18 Å². The molecule has 0 heterocycles. The zero-order chi connectivity index (χ0) is 18.1. The number of hydrogen-bond donors (Lipinski definition) is 1. The number of carbonyl (C=O) groups is 1. The third kappa shape index (κ3) is 3.40. The quantitative estimate of drug-likeness (QED) is 0.626. The van der Waals surface area contributed by atoms with E-state index in [4.69, 9.17) is 21.4 Å². The van der Waals surface area contributed by atoms with Crippen LogP contribution in [0.1, 0.15) is 15.9 Å². The van der Waals surface area contributed by atoms with Gasteiger partial charge >= 0.3 is 17.8 Å². The molecule has 0 spiro atoms. The van der Waals surface area contributed by atoms with Gasteiger partial charge in [-0.25, -0.2) is 4.79 Å². The lowest BCUT2D eigenvalue weighted by Gasteiger charge is -2.16. The minimum atomic E-state index is -5.14. The number of aromatic carboxylic acids is 1. The van der Waals surface area contributed by atoms with Gasteiger partial charge in [-0.1, -0.05) is 29.8 Å². The standard InChI is InChI=1S/C14H7ClF3NO5/c15-11-10(14(16,17)18)8(13(20)21)6-9(19(22)23)12(11)24-7-4-2-1-3-5-7/h1-6H,(H,20,21). The van der Waals surface area contributed by atoms with E-state index in [1.54, 1.807) is 6.07 Å². The number of benzene rings is 2. The lowest BCUT2D eigenvalue weighted by molar-refractivity contribution is -0.385. The smallest absolute Gasteiger partial charge is 0.418 e. The van der Waals surface area contributed by atoms with Crippen molar-refractivity contribution in [3.05, 3.63) is 62.7 Å². The minimum absolute atomic E-state index is 0.00120. The van der Waals surface area contributed by atoms with E-state index in [-0.39, 0.29) is 11.8 Å². The lowest BCUT2D eigenvalue weighted by atomic mass is 10.0. The van der Waals surface area contributed by atoms with E-state index < -0.39 is 44.7 Å². The van der Waals surface area contributed by atoms with Crippen LogP contribution in [0.4, 0.5) is 18.9 Å². The molecule has 0 radical (unpaired) electrons. The summed E-state index contributed by atoms with van der Waals surface area (Å²) in [7, 11) is 0. The number of ether oxygens (including phenoxy) is 1. The molecule has 1 N–H and O–H groups in total. The number of alkyl halides is 3. The second kappa shape index (κ2) is 6.36. The summed E-state index contributed by atoms with van der Waals surface area (Å²) in [5.74, 6) is -2.89. The summed E-state index contributed by atoms with van der Waals surface area (Å²) in [6, 6.07) is 7.54. The second-order valence-electron chi connectivity index (χ2n) is 4.44. The number of carboxylic acid groups (broad SMARTS) is 1. The summed E-state index contributed by atoms with van der Waals surface area (Å²) in [6.45, 7) is 0. The van der Waals surface area contributed by atoms with Gasteiger partial charge in [0, 0.05) is 6.07 Å². The predicted octanol–water partition coefficient (Wildman–Crippen LogP) is 4.76. The Morgan fingerprint density at radius 2 is 1.83 bits per heavy atom. The average molecular weight is 362 g/mol. The van der Waals surface area contributed by atoms with Crippen molar-refractivity contribution in [2.24, 2.45) is 0 Å². The second-order valence-corrected chi connectivity index (χ2v) is 4.81. The fourth-order valence-corrected chi connectivity index (χ4v) is 2.25. The van der Waals surface area contributed by atoms with Crippen LogP contribution in [0.2, 0.25) is 5.02 Å². The third-order valence-electron chi connectivity index (χ3n) is 2.88. The molecule has 0 aliphatic rings. The molecule has 10 heteroatoms. The first-order chi connectivity index (χ1) is 11.1. The van der Waals surface area contributed by atoms with Crippen LogP contribution in [-0.2, 0) is 6.18 Å². The summed E-state index contributed by atoms with van der Waals surface area (Å²) in [5.41, 5.74) is -4.04. The first-order valence-corrected chi connectivity index (χ1v) is 6.55. The Labute approximate surface area is 137 Å². The van der Waals surface area contributed by atoms with Crippen LogP contribution in [0.3, 0.4) is 0 Å². The largest absolute Gasteiger partial charge is 0.478 e. The molecule has 0 unspecified atom stereocenters. The highest BCUT2D eigenvalue weighted by Gasteiger charge is 2.42. The van der Waals surface area contributed by atoms with E-state index in [1.807, 2.05) is 0 Å². The minimum Gasteiger partial charge on any atom is -0.478 e. The fraction of sp³-hybridized carbons (Fsp3) is 0.0714. The molecular weight excluding hydrogens is 355 g/mol. The maximum atomic E-state index is 13.1. The number of nitrogens with zero attached hydrogens (tertiary/aromatic N) is 1. The number of nitro groups is 1. The molecule has 0 bridgehead atoms. The number of para-hydroxylation sites is 1. The molecule has 6 nitrogen and oxygen atoms in total. The molecular formula is C14H7ClF3NO5. The van der Waals surface area contributed by atoms with Gasteiger partial charge in [0.1, 0.15) is 10.8 Å². The summed E-state index contributed by atoms with van der Waals surface area (Å²) >= 11 is 5.63. The predicted molar refractivity (Wildman–Crippen MR) is 76.6 cm³/mol. The maximum Gasteiger partial charge on any atom is 0.418 e. The number of nitro benzene ring substituents is 1. The van der Waals surface area contributed by atoms with Crippen molar-refractivity contribution in [3.8, 4) is 11.5 Å². The third-order valence-corrected chi connectivity index (χ3v) is 3.24. The van der Waals surface area contributed by atoms with Crippen LogP contribution >= 0.6 is 11.6 Å². The van der Waals surface area contributed by atoms with Gasteiger partial charge in [-0.15, -0.1) is 0 Å². The Morgan fingerprint density at radius 1 is 1.25 bits per heavy atom. The maximum absolute atomic E-state index is 13.1. The molecule has 0 amide bonds. The first kappa shape index (κ1) is 17.5. The highest BCUT2D eigenvalue weighted by atomic mass is 35.5. The molecule has 24 heavy (non-hydrogen) atoms. The van der Waals surface area contributed by atoms with Crippen molar-refractivity contribution in [1.29, 1.82) is 0 Å². The van der Waals surface area contributed by atoms with E-state index in [1.165, 1.54) is 24.3 Å². The average Bonchev–Trinajstić information content (AvgIpc) is 2.48. The number of carboxylic acids is 1. The normalized spacial score (nSPS) is 11.2. The zero-order valence-electron chi connectivity index (χ0n) is 11.5. The highest BCUT2D eigenvalue weighted by Crippen LogP contribution is 2.47. The van der Waals surface area contributed by atoms with E-state index in [0.717, 1.165) is 0 Å². The Kier molecular flexibility index (Phi) is 4.65. The van der Waals surface area contributed by atoms with Gasteiger partial charge in [-0.2, -0.15) is 13.2 Å². The van der Waals surface area contributed by atoms with Crippen molar-refractivity contribution in [1.82, 2.24) is 0 Å². The molecule has 0 saturated carbocycles. The van der Waals surface area contributed by atoms with Gasteiger partial charge in [-0.3, -0.25) is 10.1 Å². The van der Waals surface area contributed by atoms with Crippen LogP contribution in [-0.4, -0.2) is 16.0 Å². The van der Waals surface area contributed by atoms with Crippen LogP contribution in [0, 0.1) is 10.1 Å². The van der Waals surface area contributed by atoms with E-state index in [2.05, 4.69) is 0 Å². The van der Waals surface area contributed by atoms with Crippen LogP contribution in [0.5, 0.6) is 11.5 Å². The molecule has 2 aromatic rings. The molecule has 2 rings (SSSR count). The van der Waals surface area contributed by atoms with E-state index >= 15 is 0 Å². The topological polar surface area (TPSA) is 89.7 Å². The monoisotopic (exact) mass is 361 g/mol. The van der Waals surface area contributed by atoms with Crippen molar-refractivity contribution < 1.29 is 32.7 Å². The van der Waals surface area contributed by atoms with Gasteiger partial charge < -0.3 is 9.84 Å². The summed E-state index contributed by atoms with van der Waals surface area (Å²) in [4.78, 5) is 21.1. The summed E-state index contributed by atoms with van der Waals surface area (Å²) in [6.07, 6.45) is -5.14. The zero-order valence-corrected chi connectivity index (χ0v) is 12.3. The molecule has 0 aromatic heterocycles. The van der Waals surface area contributed by atoms with Crippen LogP contribution in [0.25, 0.3) is 0 Å². The van der Waals surface area contributed by atoms with Crippen LogP contribution in [0.15, 0.2) is 36.4 Å². The van der Waals surface area contributed by atoms with Gasteiger partial charge in [0.2, 0.25) is 5.75 Å². The molecule has 126 valence electrons.